The van der Waals surface area contributed by atoms with Gasteiger partial charge in [-0.2, -0.15) is 0 Å². The van der Waals surface area contributed by atoms with Crippen LogP contribution in [-0.2, 0) is 10.0 Å². The van der Waals surface area contributed by atoms with Crippen molar-refractivity contribution in [2.75, 3.05) is 4.72 Å². The first-order valence-electron chi connectivity index (χ1n) is 3.76. The predicted octanol–water partition coefficient (Wildman–Crippen LogP) is 2.19. The monoisotopic (exact) mass is 264 g/mol. The number of sulfonamides is 1. The summed E-state index contributed by atoms with van der Waals surface area (Å²) in [6.07, 6.45) is 1.28. The molecule has 0 unspecified atom stereocenters. The molecule has 8 heteroatoms. The Kier molecular flexibility index (Phi) is 2.68. The summed E-state index contributed by atoms with van der Waals surface area (Å²) in [5.41, 5.74) is 0. The van der Waals surface area contributed by atoms with Crippen LogP contribution in [0.25, 0.3) is 0 Å². The van der Waals surface area contributed by atoms with Crippen LogP contribution in [0.3, 0.4) is 0 Å². The first-order valence-corrected chi connectivity index (χ1v) is 6.44. The second kappa shape index (κ2) is 3.84. The van der Waals surface area contributed by atoms with E-state index >= 15 is 0 Å². The first-order chi connectivity index (χ1) is 7.08. The Labute approximate surface area is 94.7 Å². The van der Waals surface area contributed by atoms with Crippen molar-refractivity contribution in [3.63, 3.8) is 0 Å². The highest BCUT2D eigenvalue weighted by Crippen LogP contribution is 2.26. The van der Waals surface area contributed by atoms with Gasteiger partial charge in [0, 0.05) is 6.07 Å². The van der Waals surface area contributed by atoms with E-state index in [2.05, 4.69) is 14.4 Å². The second-order valence-electron chi connectivity index (χ2n) is 2.55. The Morgan fingerprint density at radius 1 is 1.40 bits per heavy atom. The molecule has 2 heterocycles. The van der Waals surface area contributed by atoms with E-state index in [1.54, 1.807) is 0 Å². The van der Waals surface area contributed by atoms with Gasteiger partial charge in [-0.25, -0.2) is 8.42 Å². The Hall–Kier alpha value is -1.05. The van der Waals surface area contributed by atoms with E-state index in [0.29, 0.717) is 4.34 Å². The molecule has 0 aliphatic heterocycles. The number of rotatable bonds is 3. The lowest BCUT2D eigenvalue weighted by atomic mass is 10.7. The van der Waals surface area contributed by atoms with Crippen molar-refractivity contribution in [2.24, 2.45) is 0 Å². The zero-order valence-electron chi connectivity index (χ0n) is 7.18. The zero-order valence-corrected chi connectivity index (χ0v) is 9.56. The number of halogens is 1. The summed E-state index contributed by atoms with van der Waals surface area (Å²) in [7, 11) is -3.60. The topological polar surface area (TPSA) is 72.2 Å². The molecule has 0 radical (unpaired) electrons. The van der Waals surface area contributed by atoms with Crippen molar-refractivity contribution >= 4 is 38.8 Å². The Morgan fingerprint density at radius 3 is 2.73 bits per heavy atom. The number of nitrogens with one attached hydrogen (secondary N) is 1. The number of hydrogen-bond acceptors (Lipinski definition) is 5. The summed E-state index contributed by atoms with van der Waals surface area (Å²) in [4.78, 5) is 0. The van der Waals surface area contributed by atoms with Crippen LogP contribution in [0.1, 0.15) is 0 Å². The maximum absolute atomic E-state index is 11.7. The minimum atomic E-state index is -3.60. The third kappa shape index (κ3) is 2.31. The standard InChI is InChI=1S/C7H5ClN2O3S2/c8-5-1-2-7(14-5)15(11,12)10-6-3-4-13-9-6/h1-4H,(H,9,10). The second-order valence-corrected chi connectivity index (χ2v) is 6.17. The summed E-state index contributed by atoms with van der Waals surface area (Å²) in [6.45, 7) is 0. The zero-order chi connectivity index (χ0) is 10.9. The van der Waals surface area contributed by atoms with Gasteiger partial charge >= 0.3 is 0 Å². The van der Waals surface area contributed by atoms with Crippen molar-refractivity contribution in [3.8, 4) is 0 Å². The van der Waals surface area contributed by atoms with Crippen LogP contribution < -0.4 is 4.72 Å². The molecule has 0 spiro atoms. The van der Waals surface area contributed by atoms with Gasteiger partial charge in [0.15, 0.2) is 5.82 Å². The molecule has 0 bridgehead atoms. The molecule has 5 nitrogen and oxygen atoms in total. The van der Waals surface area contributed by atoms with Crippen LogP contribution in [-0.4, -0.2) is 13.6 Å². The molecule has 0 amide bonds. The fraction of sp³-hybridized carbons (Fsp3) is 0. The van der Waals surface area contributed by atoms with Crippen LogP contribution in [0, 0.1) is 0 Å². The maximum Gasteiger partial charge on any atom is 0.272 e. The van der Waals surface area contributed by atoms with Crippen molar-refractivity contribution in [3.05, 3.63) is 28.8 Å². The number of nitrogens with zero attached hydrogens (tertiary/aromatic N) is 1. The molecule has 2 aromatic heterocycles. The summed E-state index contributed by atoms with van der Waals surface area (Å²) >= 11 is 6.61. The van der Waals surface area contributed by atoms with E-state index in [4.69, 9.17) is 11.6 Å². The van der Waals surface area contributed by atoms with E-state index in [0.717, 1.165) is 11.3 Å². The van der Waals surface area contributed by atoms with Crippen molar-refractivity contribution in [2.45, 2.75) is 4.21 Å². The van der Waals surface area contributed by atoms with Gasteiger partial charge in [0.2, 0.25) is 0 Å². The molecule has 80 valence electrons. The average Bonchev–Trinajstić information content (AvgIpc) is 2.75. The lowest BCUT2D eigenvalue weighted by Gasteiger charge is -2.00. The lowest BCUT2D eigenvalue weighted by Crippen LogP contribution is -2.11. The van der Waals surface area contributed by atoms with Gasteiger partial charge in [0.1, 0.15) is 10.5 Å². The molecule has 1 N–H and O–H groups in total. The highest BCUT2D eigenvalue weighted by atomic mass is 35.5. The van der Waals surface area contributed by atoms with E-state index in [-0.39, 0.29) is 10.0 Å². The van der Waals surface area contributed by atoms with Crippen molar-refractivity contribution in [1.29, 1.82) is 0 Å². The van der Waals surface area contributed by atoms with Gasteiger partial charge in [-0.15, -0.1) is 11.3 Å². The molecular weight excluding hydrogens is 260 g/mol. The number of thiophene rings is 1. The lowest BCUT2D eigenvalue weighted by molar-refractivity contribution is 0.423. The van der Waals surface area contributed by atoms with E-state index in [9.17, 15) is 8.42 Å². The third-order valence-corrected chi connectivity index (χ3v) is 4.57. The molecule has 0 aliphatic carbocycles. The van der Waals surface area contributed by atoms with Gasteiger partial charge in [-0.05, 0) is 12.1 Å². The predicted molar refractivity (Wildman–Crippen MR) is 56.6 cm³/mol. The molecule has 0 atom stereocenters. The fourth-order valence-electron chi connectivity index (χ4n) is 0.895. The normalized spacial score (nSPS) is 11.5. The Balaban J connectivity index is 2.28. The summed E-state index contributed by atoms with van der Waals surface area (Å²) in [6, 6.07) is 4.35. The van der Waals surface area contributed by atoms with Gasteiger partial charge in [0.25, 0.3) is 10.0 Å². The van der Waals surface area contributed by atoms with E-state index in [1.165, 1.54) is 24.5 Å². The molecule has 0 fully saturated rings. The molecule has 0 aromatic carbocycles. The molecule has 0 saturated carbocycles. The summed E-state index contributed by atoms with van der Waals surface area (Å²) in [5.74, 6) is 0.138. The number of anilines is 1. The van der Waals surface area contributed by atoms with Crippen LogP contribution in [0.15, 0.2) is 33.2 Å². The quantitative estimate of drug-likeness (QED) is 0.922. The highest BCUT2D eigenvalue weighted by Gasteiger charge is 2.17. The molecular formula is C7H5ClN2O3S2. The molecule has 15 heavy (non-hydrogen) atoms. The summed E-state index contributed by atoms with van der Waals surface area (Å²) in [5, 5.41) is 3.44. The van der Waals surface area contributed by atoms with E-state index < -0.39 is 10.0 Å². The highest BCUT2D eigenvalue weighted by molar-refractivity contribution is 7.94. The SMILES string of the molecule is O=S(=O)(Nc1ccon1)c1ccc(Cl)s1. The molecule has 0 aliphatic rings. The summed E-state index contributed by atoms with van der Waals surface area (Å²) < 4.78 is 30.6. The van der Waals surface area contributed by atoms with Gasteiger partial charge < -0.3 is 4.52 Å². The molecule has 2 aromatic rings. The Bertz CT molecular complexity index is 547. The van der Waals surface area contributed by atoms with Gasteiger partial charge in [-0.3, -0.25) is 4.72 Å². The van der Waals surface area contributed by atoms with Gasteiger partial charge in [-0.1, -0.05) is 16.8 Å². The minimum absolute atomic E-state index is 0.135. The Morgan fingerprint density at radius 2 is 2.20 bits per heavy atom. The third-order valence-electron chi connectivity index (χ3n) is 1.49. The number of aromatic nitrogens is 1. The van der Waals surface area contributed by atoms with Crippen molar-refractivity contribution < 1.29 is 12.9 Å². The minimum Gasteiger partial charge on any atom is -0.363 e. The maximum atomic E-state index is 11.7. The van der Waals surface area contributed by atoms with Crippen molar-refractivity contribution in [1.82, 2.24) is 5.16 Å². The smallest absolute Gasteiger partial charge is 0.272 e. The first kappa shape index (κ1) is 10.5. The van der Waals surface area contributed by atoms with Crippen LogP contribution in [0.5, 0.6) is 0 Å². The van der Waals surface area contributed by atoms with Gasteiger partial charge in [0.05, 0.1) is 4.34 Å². The van der Waals surface area contributed by atoms with E-state index in [1.807, 2.05) is 0 Å². The van der Waals surface area contributed by atoms with Crippen LogP contribution >= 0.6 is 22.9 Å². The largest absolute Gasteiger partial charge is 0.363 e. The molecule has 2 rings (SSSR count). The van der Waals surface area contributed by atoms with Crippen LogP contribution in [0.2, 0.25) is 4.34 Å². The van der Waals surface area contributed by atoms with Crippen LogP contribution in [0.4, 0.5) is 5.82 Å². The average molecular weight is 265 g/mol. The molecule has 0 saturated heterocycles. The number of hydrogen-bond donors (Lipinski definition) is 1. The fourth-order valence-corrected chi connectivity index (χ4v) is 3.37.